The fraction of sp³-hybridized carbons (Fsp3) is 0.350. The molecule has 0 spiro atoms. The van der Waals surface area contributed by atoms with Crippen molar-refractivity contribution in [2.45, 2.75) is 26.8 Å². The predicted molar refractivity (Wildman–Crippen MR) is 107 cm³/mol. The van der Waals surface area contributed by atoms with Crippen LogP contribution in [0.25, 0.3) is 0 Å². The zero-order valence-electron chi connectivity index (χ0n) is 15.0. The Morgan fingerprint density at radius 2 is 1.84 bits per heavy atom. The van der Waals surface area contributed by atoms with Crippen molar-refractivity contribution in [3.8, 4) is 11.5 Å². The van der Waals surface area contributed by atoms with E-state index in [4.69, 9.17) is 21.7 Å². The highest BCUT2D eigenvalue weighted by molar-refractivity contribution is 7.80. The Morgan fingerprint density at radius 1 is 1.08 bits per heavy atom. The quantitative estimate of drug-likeness (QED) is 0.675. The van der Waals surface area contributed by atoms with Crippen molar-refractivity contribution >= 4 is 23.0 Å². The molecule has 25 heavy (non-hydrogen) atoms. The third kappa shape index (κ3) is 6.63. The second-order valence-electron chi connectivity index (χ2n) is 6.19. The highest BCUT2D eigenvalue weighted by Gasteiger charge is 2.07. The number of rotatable bonds is 8. The van der Waals surface area contributed by atoms with Gasteiger partial charge in [0.05, 0.1) is 13.7 Å². The number of para-hydroxylation sites is 1. The van der Waals surface area contributed by atoms with Gasteiger partial charge in [0.15, 0.2) is 16.6 Å². The Hall–Kier alpha value is -2.27. The molecular formula is C20H26N2O2S. The Labute approximate surface area is 155 Å². The molecule has 0 atom stereocenters. The first-order valence-electron chi connectivity index (χ1n) is 8.48. The average Bonchev–Trinajstić information content (AvgIpc) is 2.61. The summed E-state index contributed by atoms with van der Waals surface area (Å²) in [5.41, 5.74) is 2.04. The summed E-state index contributed by atoms with van der Waals surface area (Å²) in [6, 6.07) is 15.8. The van der Waals surface area contributed by atoms with E-state index in [9.17, 15) is 0 Å². The van der Waals surface area contributed by atoms with Crippen LogP contribution in [0.4, 0.5) is 5.69 Å². The monoisotopic (exact) mass is 358 g/mol. The van der Waals surface area contributed by atoms with Crippen molar-refractivity contribution in [3.05, 3.63) is 54.1 Å². The molecule has 0 amide bonds. The summed E-state index contributed by atoms with van der Waals surface area (Å²) in [6.45, 7) is 5.67. The maximum atomic E-state index is 5.81. The molecule has 4 nitrogen and oxygen atoms in total. The summed E-state index contributed by atoms with van der Waals surface area (Å²) in [5.74, 6) is 2.13. The molecule has 0 saturated carbocycles. The fourth-order valence-electron chi connectivity index (χ4n) is 2.22. The summed E-state index contributed by atoms with van der Waals surface area (Å²) >= 11 is 5.33. The maximum Gasteiger partial charge on any atom is 0.171 e. The lowest BCUT2D eigenvalue weighted by atomic mass is 10.1. The van der Waals surface area contributed by atoms with Gasteiger partial charge >= 0.3 is 0 Å². The Bertz CT molecular complexity index is 675. The van der Waals surface area contributed by atoms with Gasteiger partial charge in [0.25, 0.3) is 0 Å². The van der Waals surface area contributed by atoms with Crippen LogP contribution in [-0.2, 0) is 6.54 Å². The first kappa shape index (κ1) is 19.1. The first-order valence-corrected chi connectivity index (χ1v) is 8.89. The second kappa shape index (κ2) is 9.89. The van der Waals surface area contributed by atoms with Crippen LogP contribution >= 0.6 is 12.2 Å². The minimum atomic E-state index is 0.586. The largest absolute Gasteiger partial charge is 0.493 e. The lowest BCUT2D eigenvalue weighted by molar-refractivity contribution is 0.273. The van der Waals surface area contributed by atoms with Gasteiger partial charge in [-0.2, -0.15) is 0 Å². The Morgan fingerprint density at radius 3 is 2.52 bits per heavy atom. The summed E-state index contributed by atoms with van der Waals surface area (Å²) in [4.78, 5) is 0. The minimum absolute atomic E-state index is 0.586. The van der Waals surface area contributed by atoms with E-state index in [1.807, 2.05) is 48.5 Å². The minimum Gasteiger partial charge on any atom is -0.493 e. The van der Waals surface area contributed by atoms with Gasteiger partial charge in [0, 0.05) is 12.2 Å². The molecule has 0 aliphatic carbocycles. The molecule has 2 aromatic carbocycles. The van der Waals surface area contributed by atoms with E-state index in [0.29, 0.717) is 24.2 Å². The van der Waals surface area contributed by atoms with Crippen LogP contribution in [0.1, 0.15) is 25.8 Å². The SMILES string of the molecule is COc1cc(CNC(=S)Nc2ccccc2)ccc1OCCC(C)C. The van der Waals surface area contributed by atoms with Gasteiger partial charge in [-0.15, -0.1) is 0 Å². The molecule has 0 bridgehead atoms. The molecule has 0 aromatic heterocycles. The lowest BCUT2D eigenvalue weighted by Gasteiger charge is -2.14. The highest BCUT2D eigenvalue weighted by Crippen LogP contribution is 2.28. The van der Waals surface area contributed by atoms with Gasteiger partial charge in [-0.3, -0.25) is 0 Å². The van der Waals surface area contributed by atoms with E-state index in [1.54, 1.807) is 7.11 Å². The van der Waals surface area contributed by atoms with E-state index in [1.165, 1.54) is 0 Å². The van der Waals surface area contributed by atoms with E-state index in [0.717, 1.165) is 29.2 Å². The number of nitrogens with one attached hydrogen (secondary N) is 2. The van der Waals surface area contributed by atoms with Crippen LogP contribution in [-0.4, -0.2) is 18.8 Å². The molecule has 0 aliphatic heterocycles. The molecule has 0 heterocycles. The number of benzene rings is 2. The second-order valence-corrected chi connectivity index (χ2v) is 6.60. The number of methoxy groups -OCH3 is 1. The third-order valence-electron chi connectivity index (χ3n) is 3.67. The van der Waals surface area contributed by atoms with Gasteiger partial charge in [-0.1, -0.05) is 38.1 Å². The summed E-state index contributed by atoms with van der Waals surface area (Å²) < 4.78 is 11.3. The van der Waals surface area contributed by atoms with Crippen molar-refractivity contribution in [1.82, 2.24) is 5.32 Å². The van der Waals surface area contributed by atoms with Gasteiger partial charge in [-0.05, 0) is 54.4 Å². The van der Waals surface area contributed by atoms with Gasteiger partial charge in [0.2, 0.25) is 0 Å². The molecule has 0 saturated heterocycles. The summed E-state index contributed by atoms with van der Waals surface area (Å²) in [5, 5.41) is 6.94. The zero-order chi connectivity index (χ0) is 18.1. The number of ether oxygens (including phenoxy) is 2. The van der Waals surface area contributed by atoms with E-state index in [2.05, 4.69) is 24.5 Å². The summed E-state index contributed by atoms with van der Waals surface area (Å²) in [6.07, 6.45) is 1.02. The zero-order valence-corrected chi connectivity index (χ0v) is 15.9. The molecule has 0 unspecified atom stereocenters. The van der Waals surface area contributed by atoms with Crippen LogP contribution < -0.4 is 20.1 Å². The van der Waals surface area contributed by atoms with Crippen molar-refractivity contribution in [2.75, 3.05) is 19.0 Å². The number of hydrogen-bond acceptors (Lipinski definition) is 3. The molecule has 0 aliphatic rings. The number of hydrogen-bond donors (Lipinski definition) is 2. The smallest absolute Gasteiger partial charge is 0.171 e. The van der Waals surface area contributed by atoms with Crippen LogP contribution in [0, 0.1) is 5.92 Å². The average molecular weight is 359 g/mol. The topological polar surface area (TPSA) is 42.5 Å². The molecule has 2 N–H and O–H groups in total. The normalized spacial score (nSPS) is 10.4. The van der Waals surface area contributed by atoms with E-state index < -0.39 is 0 Å². The van der Waals surface area contributed by atoms with Crippen molar-refractivity contribution < 1.29 is 9.47 Å². The van der Waals surface area contributed by atoms with Gasteiger partial charge in [0.1, 0.15) is 0 Å². The first-order chi connectivity index (χ1) is 12.1. The molecule has 2 aromatic rings. The van der Waals surface area contributed by atoms with E-state index in [-0.39, 0.29) is 0 Å². The van der Waals surface area contributed by atoms with Crippen LogP contribution in [0.3, 0.4) is 0 Å². The summed E-state index contributed by atoms with van der Waals surface area (Å²) in [7, 11) is 1.66. The molecule has 0 radical (unpaired) electrons. The predicted octanol–water partition coefficient (Wildman–Crippen LogP) is 4.61. The maximum absolute atomic E-state index is 5.81. The molecule has 0 fully saturated rings. The van der Waals surface area contributed by atoms with Crippen LogP contribution in [0.2, 0.25) is 0 Å². The Balaban J connectivity index is 1.88. The molecule has 5 heteroatoms. The standard InChI is InChI=1S/C20H26N2O2S/c1-15(2)11-12-24-18-10-9-16(13-19(18)23-3)14-21-20(25)22-17-7-5-4-6-8-17/h4-10,13,15H,11-12,14H2,1-3H3,(H2,21,22,25). The molecule has 2 rings (SSSR count). The van der Waals surface area contributed by atoms with Gasteiger partial charge < -0.3 is 20.1 Å². The Kier molecular flexibility index (Phi) is 7.54. The van der Waals surface area contributed by atoms with E-state index >= 15 is 0 Å². The third-order valence-corrected chi connectivity index (χ3v) is 3.91. The van der Waals surface area contributed by atoms with Crippen molar-refractivity contribution in [3.63, 3.8) is 0 Å². The molecule has 134 valence electrons. The van der Waals surface area contributed by atoms with Crippen molar-refractivity contribution in [1.29, 1.82) is 0 Å². The van der Waals surface area contributed by atoms with Gasteiger partial charge in [-0.25, -0.2) is 0 Å². The van der Waals surface area contributed by atoms with Crippen LogP contribution in [0.15, 0.2) is 48.5 Å². The number of anilines is 1. The lowest BCUT2D eigenvalue weighted by Crippen LogP contribution is -2.27. The number of thiocarbonyl (C=S) groups is 1. The van der Waals surface area contributed by atoms with Crippen molar-refractivity contribution in [2.24, 2.45) is 5.92 Å². The molecular weight excluding hydrogens is 332 g/mol. The van der Waals surface area contributed by atoms with Crippen LogP contribution in [0.5, 0.6) is 11.5 Å². The highest BCUT2D eigenvalue weighted by atomic mass is 32.1. The fourth-order valence-corrected chi connectivity index (χ4v) is 2.41.